The van der Waals surface area contributed by atoms with Crippen molar-refractivity contribution >= 4 is 16.3 Å². The summed E-state index contributed by atoms with van der Waals surface area (Å²) < 4.78 is 7.37. The van der Waals surface area contributed by atoms with E-state index in [2.05, 4.69) is 10.1 Å². The van der Waals surface area contributed by atoms with E-state index in [0.717, 1.165) is 5.56 Å². The molecular weight excluding hydrogens is 368 g/mol. The molecule has 0 saturated carbocycles. The zero-order chi connectivity index (χ0) is 19.4. The Balaban J connectivity index is 2.16. The summed E-state index contributed by atoms with van der Waals surface area (Å²) in [5.74, 6) is 0.689. The molecule has 0 spiro atoms. The van der Waals surface area contributed by atoms with Crippen LogP contribution in [0.4, 0.5) is 0 Å². The third kappa shape index (κ3) is 4.06. The summed E-state index contributed by atoms with van der Waals surface area (Å²) in [5.41, 5.74) is 0.841. The number of hydrogen-bond acceptors (Lipinski definition) is 8. The van der Waals surface area contributed by atoms with E-state index in [0.29, 0.717) is 28.7 Å². The SMILES string of the molecule is CC(C)Oc1ccccc1C(c1sc2ncnn2c1O)N(CCO)CCO. The van der Waals surface area contributed by atoms with Crippen molar-refractivity contribution in [1.29, 1.82) is 0 Å². The van der Waals surface area contributed by atoms with Gasteiger partial charge in [-0.25, -0.2) is 4.98 Å². The lowest BCUT2D eigenvalue weighted by Gasteiger charge is -2.31. The Bertz CT molecular complexity index is 873. The maximum absolute atomic E-state index is 10.7. The van der Waals surface area contributed by atoms with E-state index in [-0.39, 0.29) is 25.2 Å². The topological polar surface area (TPSA) is 103 Å². The average Bonchev–Trinajstić information content (AvgIpc) is 3.20. The van der Waals surface area contributed by atoms with Crippen LogP contribution in [0.5, 0.6) is 11.6 Å². The first-order valence-corrected chi connectivity index (χ1v) is 9.61. The lowest BCUT2D eigenvalue weighted by atomic mass is 10.0. The van der Waals surface area contributed by atoms with Crippen LogP contribution in [0, 0.1) is 0 Å². The summed E-state index contributed by atoms with van der Waals surface area (Å²) >= 11 is 1.32. The van der Waals surface area contributed by atoms with Gasteiger partial charge in [0.2, 0.25) is 10.8 Å². The maximum Gasteiger partial charge on any atom is 0.230 e. The molecular formula is C18H24N4O4S. The van der Waals surface area contributed by atoms with Gasteiger partial charge in [0.05, 0.1) is 30.2 Å². The van der Waals surface area contributed by atoms with Gasteiger partial charge in [0.1, 0.15) is 12.1 Å². The van der Waals surface area contributed by atoms with Crippen LogP contribution >= 0.6 is 11.3 Å². The van der Waals surface area contributed by atoms with Crippen LogP contribution in [0.2, 0.25) is 0 Å². The van der Waals surface area contributed by atoms with Crippen molar-refractivity contribution < 1.29 is 20.1 Å². The molecule has 9 heteroatoms. The quantitative estimate of drug-likeness (QED) is 0.509. The van der Waals surface area contributed by atoms with E-state index in [1.165, 1.54) is 22.2 Å². The smallest absolute Gasteiger partial charge is 0.230 e. The van der Waals surface area contributed by atoms with Gasteiger partial charge in [-0.05, 0) is 19.9 Å². The first-order valence-electron chi connectivity index (χ1n) is 8.79. The second kappa shape index (κ2) is 8.66. The Kier molecular flexibility index (Phi) is 6.27. The fourth-order valence-corrected chi connectivity index (χ4v) is 4.15. The molecule has 1 atom stereocenters. The van der Waals surface area contributed by atoms with Crippen molar-refractivity contribution in [2.45, 2.75) is 26.0 Å². The molecule has 0 amide bonds. The Hall–Kier alpha value is -2.20. The van der Waals surface area contributed by atoms with Crippen LogP contribution in [-0.4, -0.2) is 67.2 Å². The molecule has 0 aliphatic heterocycles. The molecule has 0 bridgehead atoms. The molecule has 27 heavy (non-hydrogen) atoms. The van der Waals surface area contributed by atoms with Gasteiger partial charge in [-0.3, -0.25) is 4.90 Å². The number of aromatic nitrogens is 3. The number of hydrogen-bond donors (Lipinski definition) is 3. The molecule has 3 aromatic rings. The largest absolute Gasteiger partial charge is 0.492 e. The number of aliphatic hydroxyl groups is 2. The van der Waals surface area contributed by atoms with Crippen molar-refractivity contribution in [1.82, 2.24) is 19.5 Å². The van der Waals surface area contributed by atoms with Gasteiger partial charge >= 0.3 is 0 Å². The zero-order valence-corrected chi connectivity index (χ0v) is 16.1. The van der Waals surface area contributed by atoms with Crippen LogP contribution < -0.4 is 4.74 Å². The highest BCUT2D eigenvalue weighted by Gasteiger charge is 2.31. The van der Waals surface area contributed by atoms with E-state index >= 15 is 0 Å². The van der Waals surface area contributed by atoms with Crippen LogP contribution in [0.3, 0.4) is 0 Å². The predicted molar refractivity (Wildman–Crippen MR) is 102 cm³/mol. The van der Waals surface area contributed by atoms with Crippen LogP contribution in [-0.2, 0) is 0 Å². The summed E-state index contributed by atoms with van der Waals surface area (Å²) in [6, 6.07) is 7.18. The Morgan fingerprint density at radius 1 is 1.19 bits per heavy atom. The van der Waals surface area contributed by atoms with Crippen LogP contribution in [0.15, 0.2) is 30.6 Å². The van der Waals surface area contributed by atoms with E-state index in [9.17, 15) is 15.3 Å². The summed E-state index contributed by atoms with van der Waals surface area (Å²) in [5, 5.41) is 33.9. The summed E-state index contributed by atoms with van der Waals surface area (Å²) in [4.78, 5) is 7.27. The van der Waals surface area contributed by atoms with Crippen LogP contribution in [0.25, 0.3) is 4.96 Å². The van der Waals surface area contributed by atoms with Gasteiger partial charge in [-0.15, -0.1) is 0 Å². The molecule has 8 nitrogen and oxygen atoms in total. The summed E-state index contributed by atoms with van der Waals surface area (Å²) in [6.07, 6.45) is 1.37. The Labute approximate surface area is 161 Å². The molecule has 0 fully saturated rings. The highest BCUT2D eigenvalue weighted by molar-refractivity contribution is 7.17. The van der Waals surface area contributed by atoms with Crippen molar-refractivity contribution in [2.24, 2.45) is 0 Å². The summed E-state index contributed by atoms with van der Waals surface area (Å²) in [7, 11) is 0. The third-order valence-corrected chi connectivity index (χ3v) is 5.19. The lowest BCUT2D eigenvalue weighted by molar-refractivity contribution is 0.133. The van der Waals surface area contributed by atoms with Gasteiger partial charge in [-0.1, -0.05) is 29.5 Å². The first-order chi connectivity index (χ1) is 13.1. The van der Waals surface area contributed by atoms with Crippen LogP contribution in [0.1, 0.15) is 30.3 Å². The highest BCUT2D eigenvalue weighted by Crippen LogP contribution is 2.42. The van der Waals surface area contributed by atoms with Crippen molar-refractivity contribution in [3.63, 3.8) is 0 Å². The predicted octanol–water partition coefficient (Wildman–Crippen LogP) is 1.66. The minimum Gasteiger partial charge on any atom is -0.492 e. The molecule has 0 aliphatic carbocycles. The minimum atomic E-state index is -0.423. The molecule has 2 heterocycles. The monoisotopic (exact) mass is 392 g/mol. The molecule has 1 aromatic carbocycles. The average molecular weight is 392 g/mol. The normalized spacial score (nSPS) is 13.0. The fraction of sp³-hybridized carbons (Fsp3) is 0.444. The molecule has 3 rings (SSSR count). The standard InChI is InChI=1S/C18H24N4O4S/c1-12(2)26-14-6-4-3-5-13(14)15(21(7-9-23)8-10-24)16-17(25)22-18(27-16)19-11-20-22/h3-6,11-12,15,23-25H,7-10H2,1-2H3. The Morgan fingerprint density at radius 3 is 2.52 bits per heavy atom. The number of aromatic hydroxyl groups is 1. The molecule has 0 radical (unpaired) electrons. The number of fused-ring (bicyclic) bond motifs is 1. The van der Waals surface area contributed by atoms with Gasteiger partial charge in [0.25, 0.3) is 0 Å². The van der Waals surface area contributed by atoms with Crippen molar-refractivity contribution in [3.05, 3.63) is 41.0 Å². The minimum absolute atomic E-state index is 0.00210. The van der Waals surface area contributed by atoms with E-state index < -0.39 is 6.04 Å². The Morgan fingerprint density at radius 2 is 1.89 bits per heavy atom. The van der Waals surface area contributed by atoms with E-state index in [1.54, 1.807) is 0 Å². The number of rotatable bonds is 9. The number of para-hydroxylation sites is 1. The molecule has 0 saturated heterocycles. The molecule has 1 unspecified atom stereocenters. The van der Waals surface area contributed by atoms with E-state index in [1.807, 2.05) is 43.0 Å². The zero-order valence-electron chi connectivity index (χ0n) is 15.3. The van der Waals surface area contributed by atoms with Gasteiger partial charge < -0.3 is 20.1 Å². The fourth-order valence-electron chi connectivity index (χ4n) is 3.07. The first kappa shape index (κ1) is 19.6. The van der Waals surface area contributed by atoms with Crippen molar-refractivity contribution in [3.8, 4) is 11.6 Å². The van der Waals surface area contributed by atoms with E-state index in [4.69, 9.17) is 4.74 Å². The van der Waals surface area contributed by atoms with Gasteiger partial charge in [-0.2, -0.15) is 9.61 Å². The number of ether oxygens (including phenoxy) is 1. The van der Waals surface area contributed by atoms with Gasteiger partial charge in [0, 0.05) is 18.7 Å². The molecule has 3 N–H and O–H groups in total. The van der Waals surface area contributed by atoms with Gasteiger partial charge in [0.15, 0.2) is 0 Å². The number of aliphatic hydroxyl groups excluding tert-OH is 2. The second-order valence-corrected chi connectivity index (χ2v) is 7.34. The third-order valence-electron chi connectivity index (χ3n) is 4.10. The summed E-state index contributed by atoms with van der Waals surface area (Å²) in [6.45, 7) is 4.40. The second-order valence-electron chi connectivity index (χ2n) is 6.33. The maximum atomic E-state index is 10.7. The molecule has 2 aromatic heterocycles. The number of benzene rings is 1. The molecule has 0 aliphatic rings. The van der Waals surface area contributed by atoms with Crippen molar-refractivity contribution in [2.75, 3.05) is 26.3 Å². The lowest BCUT2D eigenvalue weighted by Crippen LogP contribution is -2.34. The number of nitrogens with zero attached hydrogens (tertiary/aromatic N) is 4. The molecule has 146 valence electrons. The highest BCUT2D eigenvalue weighted by atomic mass is 32.1. The number of thiazole rings is 1.